The molecule has 0 saturated heterocycles. The van der Waals surface area contributed by atoms with Gasteiger partial charge in [-0.25, -0.2) is 0 Å². The summed E-state index contributed by atoms with van der Waals surface area (Å²) >= 11 is 1.43. The summed E-state index contributed by atoms with van der Waals surface area (Å²) in [6, 6.07) is 0. The minimum absolute atomic E-state index is 0.213. The summed E-state index contributed by atoms with van der Waals surface area (Å²) in [4.78, 5) is 20.8. The van der Waals surface area contributed by atoms with Crippen molar-refractivity contribution in [3.05, 3.63) is 0 Å². The Labute approximate surface area is 75.8 Å². The molecule has 0 spiro atoms. The summed E-state index contributed by atoms with van der Waals surface area (Å²) in [5, 5.41) is 0. The molecule has 0 aromatic carbocycles. The Bertz CT molecular complexity index is 161. The zero-order chi connectivity index (χ0) is 9.40. The molecule has 0 aliphatic rings. The van der Waals surface area contributed by atoms with E-state index < -0.39 is 0 Å². The molecule has 0 heterocycles. The van der Waals surface area contributed by atoms with Gasteiger partial charge in [-0.1, -0.05) is 0 Å². The van der Waals surface area contributed by atoms with Crippen molar-refractivity contribution in [2.45, 2.75) is 12.8 Å². The second kappa shape index (κ2) is 6.97. The lowest BCUT2D eigenvalue weighted by molar-refractivity contribution is -0.140. The van der Waals surface area contributed by atoms with E-state index in [9.17, 15) is 9.59 Å². The van der Waals surface area contributed by atoms with Gasteiger partial charge in [0.2, 0.25) is 5.91 Å². The van der Waals surface area contributed by atoms with Crippen LogP contribution in [0.1, 0.15) is 12.8 Å². The van der Waals surface area contributed by atoms with E-state index in [1.54, 1.807) is 0 Å². The van der Waals surface area contributed by atoms with Gasteiger partial charge in [-0.3, -0.25) is 9.59 Å². The molecular formula is C7H13NO3S. The molecule has 70 valence electrons. The molecule has 0 aromatic rings. The Morgan fingerprint density at radius 1 is 1.50 bits per heavy atom. The van der Waals surface area contributed by atoms with Crippen LogP contribution in [-0.2, 0) is 14.3 Å². The quantitative estimate of drug-likeness (QED) is 0.479. The molecule has 0 saturated carbocycles. The maximum atomic E-state index is 10.6. The van der Waals surface area contributed by atoms with Crippen molar-refractivity contribution in [1.82, 2.24) is 0 Å². The zero-order valence-electron chi connectivity index (χ0n) is 7.04. The third kappa shape index (κ3) is 7.40. The fourth-order valence-corrected chi connectivity index (χ4v) is 1.29. The third-order valence-electron chi connectivity index (χ3n) is 1.14. The molecule has 0 fully saturated rings. The molecule has 0 aromatic heterocycles. The highest BCUT2D eigenvalue weighted by atomic mass is 32.2. The number of carbonyl (C=O) groups excluding carboxylic acids is 2. The molecule has 0 radical (unpaired) electrons. The van der Waals surface area contributed by atoms with Gasteiger partial charge in [-0.15, -0.1) is 0 Å². The Morgan fingerprint density at radius 3 is 2.67 bits per heavy atom. The highest BCUT2D eigenvalue weighted by Gasteiger charge is 1.99. The summed E-state index contributed by atoms with van der Waals surface area (Å²) in [5.41, 5.74) is 4.91. The van der Waals surface area contributed by atoms with Gasteiger partial charge in [0.05, 0.1) is 12.9 Å². The van der Waals surface area contributed by atoms with E-state index in [0.717, 1.165) is 12.2 Å². The largest absolute Gasteiger partial charge is 0.469 e. The van der Waals surface area contributed by atoms with Crippen molar-refractivity contribution in [2.24, 2.45) is 5.73 Å². The van der Waals surface area contributed by atoms with E-state index in [-0.39, 0.29) is 11.9 Å². The summed E-state index contributed by atoms with van der Waals surface area (Å²) in [6.45, 7) is 0. The summed E-state index contributed by atoms with van der Waals surface area (Å²) in [5.74, 6) is 0.548. The van der Waals surface area contributed by atoms with E-state index in [1.165, 1.54) is 18.9 Å². The summed E-state index contributed by atoms with van der Waals surface area (Å²) in [6.07, 6.45) is 1.13. The number of ether oxygens (including phenoxy) is 1. The van der Waals surface area contributed by atoms with E-state index in [0.29, 0.717) is 12.2 Å². The van der Waals surface area contributed by atoms with Gasteiger partial charge in [0, 0.05) is 6.42 Å². The first-order valence-corrected chi connectivity index (χ1v) is 4.75. The van der Waals surface area contributed by atoms with Crippen molar-refractivity contribution in [3.63, 3.8) is 0 Å². The second-order valence-corrected chi connectivity index (χ2v) is 3.30. The molecule has 4 nitrogen and oxygen atoms in total. The second-order valence-electron chi connectivity index (χ2n) is 2.20. The Balaban J connectivity index is 3.11. The molecule has 0 aliphatic heterocycles. The van der Waals surface area contributed by atoms with Gasteiger partial charge in [-0.2, -0.15) is 11.8 Å². The first kappa shape index (κ1) is 11.3. The molecule has 12 heavy (non-hydrogen) atoms. The molecule has 0 atom stereocenters. The van der Waals surface area contributed by atoms with E-state index in [2.05, 4.69) is 4.74 Å². The van der Waals surface area contributed by atoms with Crippen molar-refractivity contribution >= 4 is 23.6 Å². The minimum atomic E-state index is -0.321. The number of thioether (sulfide) groups is 1. The van der Waals surface area contributed by atoms with Gasteiger partial charge in [-0.05, 0) is 12.2 Å². The van der Waals surface area contributed by atoms with Crippen LogP contribution in [0.2, 0.25) is 0 Å². The maximum Gasteiger partial charge on any atom is 0.305 e. The normalized spacial score (nSPS) is 9.42. The average Bonchev–Trinajstić information content (AvgIpc) is 2.03. The molecule has 2 N–H and O–H groups in total. The fraction of sp³-hybridized carbons (Fsp3) is 0.714. The number of nitrogens with two attached hydrogens (primary N) is 1. The Kier molecular flexibility index (Phi) is 6.55. The number of carbonyl (C=O) groups is 2. The number of rotatable bonds is 6. The van der Waals surface area contributed by atoms with Crippen LogP contribution in [0.25, 0.3) is 0 Å². The Morgan fingerprint density at radius 2 is 2.17 bits per heavy atom. The average molecular weight is 191 g/mol. The van der Waals surface area contributed by atoms with Crippen LogP contribution < -0.4 is 5.73 Å². The van der Waals surface area contributed by atoms with Crippen LogP contribution in [-0.4, -0.2) is 30.5 Å². The lowest BCUT2D eigenvalue weighted by Crippen LogP contribution is -2.13. The van der Waals surface area contributed by atoms with E-state index in [4.69, 9.17) is 5.73 Å². The minimum Gasteiger partial charge on any atom is -0.469 e. The standard InChI is InChI=1S/C7H13NO3S/c1-11-7(10)3-2-4-12-5-6(8)9/h2-5H2,1H3,(H2,8,9). The Hall–Kier alpha value is -0.710. The molecule has 0 bridgehead atoms. The van der Waals surface area contributed by atoms with Gasteiger partial charge in [0.15, 0.2) is 0 Å². The molecule has 0 aliphatic carbocycles. The number of esters is 1. The van der Waals surface area contributed by atoms with Crippen molar-refractivity contribution in [2.75, 3.05) is 18.6 Å². The third-order valence-corrected chi connectivity index (χ3v) is 2.21. The molecule has 5 heteroatoms. The van der Waals surface area contributed by atoms with Crippen LogP contribution in [0.4, 0.5) is 0 Å². The van der Waals surface area contributed by atoms with Gasteiger partial charge < -0.3 is 10.5 Å². The maximum absolute atomic E-state index is 10.6. The van der Waals surface area contributed by atoms with E-state index in [1.807, 2.05) is 0 Å². The number of primary amides is 1. The number of amides is 1. The molecule has 0 unspecified atom stereocenters. The number of methoxy groups -OCH3 is 1. The first-order valence-electron chi connectivity index (χ1n) is 3.59. The highest BCUT2D eigenvalue weighted by Crippen LogP contribution is 2.03. The lowest BCUT2D eigenvalue weighted by atomic mass is 10.3. The smallest absolute Gasteiger partial charge is 0.305 e. The molecule has 0 rings (SSSR count). The van der Waals surface area contributed by atoms with Crippen molar-refractivity contribution < 1.29 is 14.3 Å². The number of hydrogen-bond donors (Lipinski definition) is 1. The summed E-state index contributed by atoms with van der Waals surface area (Å²) < 4.78 is 4.44. The highest BCUT2D eigenvalue weighted by molar-refractivity contribution is 7.99. The lowest BCUT2D eigenvalue weighted by Gasteiger charge is -1.98. The van der Waals surface area contributed by atoms with Crippen molar-refractivity contribution in [3.8, 4) is 0 Å². The number of hydrogen-bond acceptors (Lipinski definition) is 4. The van der Waals surface area contributed by atoms with Crippen LogP contribution in [0.3, 0.4) is 0 Å². The predicted molar refractivity (Wildman–Crippen MR) is 47.8 cm³/mol. The topological polar surface area (TPSA) is 69.4 Å². The van der Waals surface area contributed by atoms with E-state index >= 15 is 0 Å². The van der Waals surface area contributed by atoms with Crippen LogP contribution in [0.5, 0.6) is 0 Å². The first-order chi connectivity index (χ1) is 5.66. The monoisotopic (exact) mass is 191 g/mol. The van der Waals surface area contributed by atoms with Gasteiger partial charge in [0.1, 0.15) is 0 Å². The zero-order valence-corrected chi connectivity index (χ0v) is 7.86. The van der Waals surface area contributed by atoms with Crippen LogP contribution in [0, 0.1) is 0 Å². The van der Waals surface area contributed by atoms with Crippen LogP contribution >= 0.6 is 11.8 Å². The van der Waals surface area contributed by atoms with Crippen LogP contribution in [0.15, 0.2) is 0 Å². The van der Waals surface area contributed by atoms with Gasteiger partial charge in [0.25, 0.3) is 0 Å². The predicted octanol–water partition coefficient (Wildman–Crippen LogP) is 0.158. The molecular weight excluding hydrogens is 178 g/mol. The SMILES string of the molecule is COC(=O)CCCSCC(N)=O. The van der Waals surface area contributed by atoms with Crippen molar-refractivity contribution in [1.29, 1.82) is 0 Å². The molecule has 1 amide bonds. The fourth-order valence-electron chi connectivity index (χ4n) is 0.593. The summed E-state index contributed by atoms with van der Waals surface area (Å²) in [7, 11) is 1.36. The van der Waals surface area contributed by atoms with Gasteiger partial charge >= 0.3 is 5.97 Å².